The SMILES string of the molecule is NC(=O)[C@@H]1CCCCNC(=O)C[C@H](N)C(=O)N[C@@H](Cc2cnc[nH]2)C(=O)N[C@H](Cc2ccccc2)C(=O)N[C@@H](CCCN=C(N)N)C(=O)N[C@@H](Cc2c[nH]c3ccccc23)C(=O)N1. The van der Waals surface area contributed by atoms with Gasteiger partial charge in [0.25, 0.3) is 0 Å². The number of aliphatic imine (C=N–C) groups is 1. The molecule has 0 radical (unpaired) electrons. The predicted octanol–water partition coefficient (Wildman–Crippen LogP) is -2.10. The first-order valence-corrected chi connectivity index (χ1v) is 20.7. The number of nitrogens with zero attached hydrogens (tertiary/aromatic N) is 2. The molecule has 0 unspecified atom stereocenters. The van der Waals surface area contributed by atoms with E-state index in [1.54, 1.807) is 36.5 Å². The van der Waals surface area contributed by atoms with Gasteiger partial charge >= 0.3 is 0 Å². The van der Waals surface area contributed by atoms with Crippen LogP contribution in [0.2, 0.25) is 0 Å². The van der Waals surface area contributed by atoms with E-state index in [1.165, 1.54) is 12.5 Å². The number of aromatic nitrogens is 3. The van der Waals surface area contributed by atoms with E-state index in [1.807, 2.05) is 24.3 Å². The molecule has 7 amide bonds. The molecule has 0 bridgehead atoms. The van der Waals surface area contributed by atoms with Gasteiger partial charge in [-0.3, -0.25) is 38.6 Å². The second-order valence-electron chi connectivity index (χ2n) is 15.3. The predicted molar refractivity (Wildman–Crippen MR) is 233 cm³/mol. The molecule has 3 heterocycles. The van der Waals surface area contributed by atoms with Crippen LogP contribution in [0.5, 0.6) is 0 Å². The highest BCUT2D eigenvalue weighted by molar-refractivity contribution is 5.97. The minimum atomic E-state index is -1.35. The Morgan fingerprint density at radius 2 is 1.35 bits per heavy atom. The average molecular weight is 869 g/mol. The van der Waals surface area contributed by atoms with Crippen molar-refractivity contribution in [3.8, 4) is 0 Å². The van der Waals surface area contributed by atoms with Gasteiger partial charge in [0.1, 0.15) is 30.2 Å². The Balaban J connectivity index is 1.51. The standard InChI is InChI=1S/C42H56N14O7/c43-28-20-35(57)48-15-7-6-13-30(36(44)58)52-40(62)33(18-25-21-50-29-12-5-4-11-27(25)29)56-38(60)31(14-8-16-49-42(45)46)53-39(61)32(17-24-9-2-1-3-10-24)55-41(63)34(54-37(28)59)19-26-22-47-23-51-26/h1-5,9-12,21-23,28,30-34,50H,6-8,13-20,43H2,(H2,44,58)(H,47,51)(H,48,57)(H,52,62)(H,53,61)(H,54,59)(H,55,63)(H,56,60)(H4,45,46,49)/t28-,30-,31-,32+,33-,34-/m0/s1. The van der Waals surface area contributed by atoms with Crippen molar-refractivity contribution in [3.63, 3.8) is 0 Å². The van der Waals surface area contributed by atoms with E-state index < -0.39 is 84.0 Å². The number of hydrogen-bond acceptors (Lipinski definition) is 10. The molecular weight excluding hydrogens is 813 g/mol. The quantitative estimate of drug-likeness (QED) is 0.0440. The van der Waals surface area contributed by atoms with Crippen LogP contribution in [0, 0.1) is 0 Å². The van der Waals surface area contributed by atoms with Gasteiger partial charge in [-0.2, -0.15) is 0 Å². The number of amides is 7. The van der Waals surface area contributed by atoms with Gasteiger partial charge in [0, 0.05) is 61.3 Å². The number of benzene rings is 2. The molecule has 21 heteroatoms. The van der Waals surface area contributed by atoms with Gasteiger partial charge in [0.2, 0.25) is 41.4 Å². The first-order chi connectivity index (χ1) is 30.3. The zero-order chi connectivity index (χ0) is 45.3. The summed E-state index contributed by atoms with van der Waals surface area (Å²) in [5.74, 6) is -5.31. The van der Waals surface area contributed by atoms with Crippen molar-refractivity contribution in [1.29, 1.82) is 0 Å². The molecule has 16 N–H and O–H groups in total. The Morgan fingerprint density at radius 3 is 2.05 bits per heavy atom. The van der Waals surface area contributed by atoms with Crippen molar-refractivity contribution in [2.75, 3.05) is 13.1 Å². The topological polar surface area (TPSA) is 353 Å². The summed E-state index contributed by atoms with van der Waals surface area (Å²) in [5, 5.41) is 17.1. The number of fused-ring (bicyclic) bond motifs is 1. The Morgan fingerprint density at radius 1 is 0.714 bits per heavy atom. The maximum absolute atomic E-state index is 14.4. The zero-order valence-corrected chi connectivity index (χ0v) is 34.7. The molecular formula is C42H56N14O7. The second-order valence-corrected chi connectivity index (χ2v) is 15.3. The molecule has 6 atom stereocenters. The molecule has 63 heavy (non-hydrogen) atoms. The first kappa shape index (κ1) is 46.8. The number of carbonyl (C=O) groups is 7. The number of imidazole rings is 1. The molecule has 2 aromatic carbocycles. The van der Waals surface area contributed by atoms with Crippen molar-refractivity contribution < 1.29 is 33.6 Å². The fourth-order valence-electron chi connectivity index (χ4n) is 7.11. The van der Waals surface area contributed by atoms with Crippen LogP contribution >= 0.6 is 0 Å². The highest BCUT2D eigenvalue weighted by atomic mass is 16.2. The largest absolute Gasteiger partial charge is 0.370 e. The lowest BCUT2D eigenvalue weighted by molar-refractivity contribution is -0.135. The maximum Gasteiger partial charge on any atom is 0.243 e. The van der Waals surface area contributed by atoms with Crippen molar-refractivity contribution in [2.45, 2.75) is 94.0 Å². The van der Waals surface area contributed by atoms with E-state index >= 15 is 0 Å². The van der Waals surface area contributed by atoms with E-state index in [0.29, 0.717) is 29.7 Å². The maximum atomic E-state index is 14.4. The summed E-state index contributed by atoms with van der Waals surface area (Å²) in [4.78, 5) is 110. The molecule has 0 saturated carbocycles. The summed E-state index contributed by atoms with van der Waals surface area (Å²) in [6.07, 6.45) is 5.07. The van der Waals surface area contributed by atoms with E-state index in [4.69, 9.17) is 22.9 Å². The van der Waals surface area contributed by atoms with E-state index in [-0.39, 0.29) is 57.6 Å². The lowest BCUT2D eigenvalue weighted by Gasteiger charge is -2.27. The average Bonchev–Trinajstić information content (AvgIpc) is 3.93. The number of para-hydroxylation sites is 1. The molecule has 0 spiro atoms. The smallest absolute Gasteiger partial charge is 0.243 e. The minimum Gasteiger partial charge on any atom is -0.370 e. The third kappa shape index (κ3) is 14.4. The monoisotopic (exact) mass is 868 g/mol. The van der Waals surface area contributed by atoms with Crippen molar-refractivity contribution in [3.05, 3.63) is 90.1 Å². The van der Waals surface area contributed by atoms with Crippen LogP contribution in [0.15, 0.2) is 78.3 Å². The summed E-state index contributed by atoms with van der Waals surface area (Å²) in [5.41, 5.74) is 25.6. The van der Waals surface area contributed by atoms with Gasteiger partial charge in [0.15, 0.2) is 5.96 Å². The van der Waals surface area contributed by atoms with Crippen LogP contribution in [0.1, 0.15) is 55.3 Å². The number of nitrogens with two attached hydrogens (primary N) is 4. The van der Waals surface area contributed by atoms with Gasteiger partial charge in [-0.25, -0.2) is 4.98 Å². The second kappa shape index (κ2) is 23.1. The summed E-state index contributed by atoms with van der Waals surface area (Å²) >= 11 is 0. The molecule has 5 rings (SSSR count). The molecule has 0 aliphatic carbocycles. The molecule has 336 valence electrons. The Bertz CT molecular complexity index is 2220. The number of guanidine groups is 1. The van der Waals surface area contributed by atoms with Crippen LogP contribution in [0.3, 0.4) is 0 Å². The fraction of sp³-hybridized carbons (Fsp3) is 0.405. The third-order valence-corrected chi connectivity index (χ3v) is 10.5. The van der Waals surface area contributed by atoms with Gasteiger partial charge in [-0.05, 0) is 49.3 Å². The summed E-state index contributed by atoms with van der Waals surface area (Å²) in [6.45, 7) is 0.259. The van der Waals surface area contributed by atoms with Gasteiger partial charge in [-0.15, -0.1) is 0 Å². The van der Waals surface area contributed by atoms with Crippen molar-refractivity contribution in [1.82, 2.24) is 46.9 Å². The minimum absolute atomic E-state index is 0.00512. The zero-order valence-electron chi connectivity index (χ0n) is 34.7. The number of H-pyrrole nitrogens is 2. The van der Waals surface area contributed by atoms with Gasteiger partial charge < -0.3 is 64.8 Å². The number of nitrogens with one attached hydrogen (secondary N) is 8. The van der Waals surface area contributed by atoms with Crippen LogP contribution < -0.4 is 54.8 Å². The molecule has 4 aromatic rings. The molecule has 21 nitrogen and oxygen atoms in total. The van der Waals surface area contributed by atoms with Crippen LogP contribution in [0.25, 0.3) is 10.9 Å². The molecule has 1 aliphatic heterocycles. The van der Waals surface area contributed by atoms with Crippen LogP contribution in [-0.4, -0.2) is 112 Å². The number of rotatable bonds is 11. The lowest BCUT2D eigenvalue weighted by Crippen LogP contribution is -2.60. The van der Waals surface area contributed by atoms with Crippen molar-refractivity contribution in [2.24, 2.45) is 27.9 Å². The Labute approximate surface area is 363 Å². The summed E-state index contributed by atoms with van der Waals surface area (Å²) in [7, 11) is 0. The van der Waals surface area contributed by atoms with E-state index in [9.17, 15) is 33.6 Å². The first-order valence-electron chi connectivity index (χ1n) is 20.7. The van der Waals surface area contributed by atoms with E-state index in [0.717, 1.165) is 10.9 Å². The number of hydrogen-bond donors (Lipinski definition) is 12. The third-order valence-electron chi connectivity index (χ3n) is 10.5. The lowest BCUT2D eigenvalue weighted by atomic mass is 10.0. The fourth-order valence-corrected chi connectivity index (χ4v) is 7.11. The van der Waals surface area contributed by atoms with Gasteiger partial charge in [0.05, 0.1) is 18.8 Å². The normalized spacial score (nSPS) is 22.7. The molecule has 1 aliphatic rings. The Kier molecular flexibility index (Phi) is 17.1. The highest BCUT2D eigenvalue weighted by Crippen LogP contribution is 2.20. The molecule has 1 saturated heterocycles. The summed E-state index contributed by atoms with van der Waals surface area (Å²) < 4.78 is 0. The van der Waals surface area contributed by atoms with Gasteiger partial charge in [-0.1, -0.05) is 48.5 Å². The number of carbonyl (C=O) groups excluding carboxylic acids is 7. The molecule has 2 aromatic heterocycles. The van der Waals surface area contributed by atoms with Crippen molar-refractivity contribution >= 4 is 58.2 Å². The number of aromatic amines is 2. The van der Waals surface area contributed by atoms with Crippen LogP contribution in [-0.2, 0) is 52.8 Å². The Hall–Kier alpha value is -7.29. The highest BCUT2D eigenvalue weighted by Gasteiger charge is 2.34. The summed E-state index contributed by atoms with van der Waals surface area (Å²) in [6, 6.07) is 8.55. The molecule has 1 fully saturated rings. The van der Waals surface area contributed by atoms with Crippen LogP contribution in [0.4, 0.5) is 0 Å². The van der Waals surface area contributed by atoms with E-state index in [2.05, 4.69) is 51.8 Å². The number of primary amides is 1.